The maximum Gasteiger partial charge on any atom is 0.410 e. The number of nitrogens with one attached hydrogen (secondary N) is 1. The van der Waals surface area contributed by atoms with E-state index in [4.69, 9.17) is 4.74 Å². The van der Waals surface area contributed by atoms with E-state index >= 15 is 0 Å². The molecule has 1 fully saturated rings. The summed E-state index contributed by atoms with van der Waals surface area (Å²) in [6, 6.07) is -0.319. The summed E-state index contributed by atoms with van der Waals surface area (Å²) in [6.07, 6.45) is 2.20. The Kier molecular flexibility index (Phi) is 5.20. The first kappa shape index (κ1) is 15.8. The van der Waals surface area contributed by atoms with Crippen molar-refractivity contribution in [3.63, 3.8) is 0 Å². The van der Waals surface area contributed by atoms with E-state index in [-0.39, 0.29) is 11.9 Å². The first-order valence-corrected chi connectivity index (χ1v) is 7.00. The minimum atomic E-state index is -0.534. The molecule has 1 heterocycles. The fraction of sp³-hybridized carbons (Fsp3) is 0.857. The molecular weight excluding hydrogens is 244 g/mol. The van der Waals surface area contributed by atoms with E-state index in [1.807, 2.05) is 34.6 Å². The molecule has 1 rings (SSSR count). The third-order valence-corrected chi connectivity index (χ3v) is 2.86. The zero-order valence-electron chi connectivity index (χ0n) is 12.7. The molecule has 1 aliphatic heterocycles. The van der Waals surface area contributed by atoms with Gasteiger partial charge in [-0.05, 0) is 53.9 Å². The fourth-order valence-corrected chi connectivity index (χ4v) is 2.12. The molecule has 1 aliphatic rings. The average Bonchev–Trinajstić information content (AvgIpc) is 2.25. The van der Waals surface area contributed by atoms with Crippen LogP contribution in [0.15, 0.2) is 0 Å². The standard InChI is InChI=1S/C14H26N2O3/c1-10(2)15-12(17)11-8-6-7-9-16(11)13(18)19-14(3,4)5/h10-11H,6-9H2,1-5H3,(H,15,17). The van der Waals surface area contributed by atoms with Crippen molar-refractivity contribution in [1.29, 1.82) is 0 Å². The Morgan fingerprint density at radius 3 is 2.42 bits per heavy atom. The topological polar surface area (TPSA) is 58.6 Å². The van der Waals surface area contributed by atoms with Gasteiger partial charge >= 0.3 is 6.09 Å². The number of hydrogen-bond acceptors (Lipinski definition) is 3. The molecule has 0 aromatic carbocycles. The molecule has 0 aliphatic carbocycles. The molecule has 0 spiro atoms. The van der Waals surface area contributed by atoms with Crippen LogP contribution in [0, 0.1) is 0 Å². The number of piperidine rings is 1. The molecular formula is C14H26N2O3. The summed E-state index contributed by atoms with van der Waals surface area (Å²) in [5.41, 5.74) is -0.534. The predicted octanol–water partition coefficient (Wildman–Crippen LogP) is 2.30. The highest BCUT2D eigenvalue weighted by Crippen LogP contribution is 2.20. The molecule has 1 atom stereocenters. The van der Waals surface area contributed by atoms with Crippen LogP contribution in [0.4, 0.5) is 4.79 Å². The number of carbonyl (C=O) groups excluding carboxylic acids is 2. The van der Waals surface area contributed by atoms with Gasteiger partial charge in [0.15, 0.2) is 0 Å². The lowest BCUT2D eigenvalue weighted by atomic mass is 10.0. The highest BCUT2D eigenvalue weighted by Gasteiger charge is 2.34. The van der Waals surface area contributed by atoms with Crippen LogP contribution in [0.3, 0.4) is 0 Å². The molecule has 1 unspecified atom stereocenters. The second-order valence-corrected chi connectivity index (χ2v) is 6.35. The van der Waals surface area contributed by atoms with Gasteiger partial charge in [-0.2, -0.15) is 0 Å². The Morgan fingerprint density at radius 1 is 1.26 bits per heavy atom. The van der Waals surface area contributed by atoms with E-state index in [2.05, 4.69) is 5.32 Å². The minimum Gasteiger partial charge on any atom is -0.444 e. The van der Waals surface area contributed by atoms with Crippen LogP contribution in [0.2, 0.25) is 0 Å². The van der Waals surface area contributed by atoms with Gasteiger partial charge < -0.3 is 10.1 Å². The van der Waals surface area contributed by atoms with Crippen molar-refractivity contribution in [3.05, 3.63) is 0 Å². The van der Waals surface area contributed by atoms with Crippen LogP contribution in [-0.4, -0.2) is 41.1 Å². The molecule has 0 aromatic rings. The van der Waals surface area contributed by atoms with Crippen LogP contribution >= 0.6 is 0 Å². The van der Waals surface area contributed by atoms with E-state index in [0.29, 0.717) is 13.0 Å². The number of nitrogens with zero attached hydrogens (tertiary/aromatic N) is 1. The van der Waals surface area contributed by atoms with Crippen LogP contribution < -0.4 is 5.32 Å². The van der Waals surface area contributed by atoms with Gasteiger partial charge in [-0.3, -0.25) is 9.69 Å². The summed E-state index contributed by atoms with van der Waals surface area (Å²) in [5, 5.41) is 2.87. The smallest absolute Gasteiger partial charge is 0.410 e. The number of ether oxygens (including phenoxy) is 1. The SMILES string of the molecule is CC(C)NC(=O)C1CCCCN1C(=O)OC(C)(C)C. The van der Waals surface area contributed by atoms with Crippen molar-refractivity contribution >= 4 is 12.0 Å². The molecule has 1 saturated heterocycles. The predicted molar refractivity (Wildman–Crippen MR) is 73.9 cm³/mol. The Hall–Kier alpha value is -1.26. The molecule has 0 bridgehead atoms. The normalized spacial score (nSPS) is 20.3. The van der Waals surface area contributed by atoms with Crippen LogP contribution in [0.25, 0.3) is 0 Å². The molecule has 5 heteroatoms. The van der Waals surface area contributed by atoms with Crippen molar-refractivity contribution in [2.45, 2.75) is 71.6 Å². The van der Waals surface area contributed by atoms with Gasteiger partial charge in [0.05, 0.1) is 0 Å². The zero-order chi connectivity index (χ0) is 14.6. The van der Waals surface area contributed by atoms with Crippen LogP contribution in [0.5, 0.6) is 0 Å². The van der Waals surface area contributed by atoms with Gasteiger partial charge in [-0.1, -0.05) is 0 Å². The Bertz CT molecular complexity index is 334. The molecule has 110 valence electrons. The van der Waals surface area contributed by atoms with Crippen molar-refractivity contribution in [3.8, 4) is 0 Å². The maximum absolute atomic E-state index is 12.1. The number of hydrogen-bond donors (Lipinski definition) is 1. The first-order valence-electron chi connectivity index (χ1n) is 7.00. The van der Waals surface area contributed by atoms with E-state index in [0.717, 1.165) is 12.8 Å². The highest BCUT2D eigenvalue weighted by molar-refractivity contribution is 5.86. The summed E-state index contributed by atoms with van der Waals surface area (Å²) in [6.45, 7) is 9.91. The van der Waals surface area contributed by atoms with E-state index in [1.54, 1.807) is 4.90 Å². The first-order chi connectivity index (χ1) is 8.70. The Morgan fingerprint density at radius 2 is 1.89 bits per heavy atom. The van der Waals surface area contributed by atoms with Gasteiger partial charge in [0.2, 0.25) is 5.91 Å². The highest BCUT2D eigenvalue weighted by atomic mass is 16.6. The lowest BCUT2D eigenvalue weighted by Crippen LogP contribution is -2.54. The number of amides is 2. The molecule has 1 N–H and O–H groups in total. The lowest BCUT2D eigenvalue weighted by molar-refractivity contribution is -0.128. The number of likely N-dealkylation sites (tertiary alicyclic amines) is 1. The summed E-state index contributed by atoms with van der Waals surface area (Å²) >= 11 is 0. The molecule has 2 amide bonds. The number of rotatable bonds is 2. The molecule has 0 saturated carbocycles. The second-order valence-electron chi connectivity index (χ2n) is 6.35. The minimum absolute atomic E-state index is 0.0786. The second kappa shape index (κ2) is 6.26. The quantitative estimate of drug-likeness (QED) is 0.837. The lowest BCUT2D eigenvalue weighted by Gasteiger charge is -2.36. The largest absolute Gasteiger partial charge is 0.444 e. The van der Waals surface area contributed by atoms with E-state index in [9.17, 15) is 9.59 Å². The third-order valence-electron chi connectivity index (χ3n) is 2.86. The van der Waals surface area contributed by atoms with Gasteiger partial charge in [-0.15, -0.1) is 0 Å². The number of carbonyl (C=O) groups is 2. The summed E-state index contributed by atoms with van der Waals surface area (Å²) in [4.78, 5) is 25.8. The van der Waals surface area contributed by atoms with Crippen LogP contribution in [-0.2, 0) is 9.53 Å². The van der Waals surface area contributed by atoms with E-state index < -0.39 is 17.7 Å². The molecule has 0 radical (unpaired) electrons. The molecule has 5 nitrogen and oxygen atoms in total. The molecule has 19 heavy (non-hydrogen) atoms. The zero-order valence-corrected chi connectivity index (χ0v) is 12.7. The van der Waals surface area contributed by atoms with Gasteiger partial charge in [0.25, 0.3) is 0 Å². The summed E-state index contributed by atoms with van der Waals surface area (Å²) < 4.78 is 5.37. The average molecular weight is 270 g/mol. The summed E-state index contributed by atoms with van der Waals surface area (Å²) in [5.74, 6) is -0.0828. The fourth-order valence-electron chi connectivity index (χ4n) is 2.12. The van der Waals surface area contributed by atoms with Crippen LogP contribution in [0.1, 0.15) is 53.9 Å². The van der Waals surface area contributed by atoms with Crippen molar-refractivity contribution in [1.82, 2.24) is 10.2 Å². The summed E-state index contributed by atoms with van der Waals surface area (Å²) in [7, 11) is 0. The van der Waals surface area contributed by atoms with Crippen molar-refractivity contribution in [2.24, 2.45) is 0 Å². The maximum atomic E-state index is 12.1. The van der Waals surface area contributed by atoms with Crippen molar-refractivity contribution in [2.75, 3.05) is 6.54 Å². The van der Waals surface area contributed by atoms with E-state index in [1.165, 1.54) is 0 Å². The third kappa shape index (κ3) is 5.09. The Balaban J connectivity index is 2.72. The molecule has 0 aromatic heterocycles. The van der Waals surface area contributed by atoms with Gasteiger partial charge in [0.1, 0.15) is 11.6 Å². The monoisotopic (exact) mass is 270 g/mol. The van der Waals surface area contributed by atoms with Gasteiger partial charge in [-0.25, -0.2) is 4.79 Å². The van der Waals surface area contributed by atoms with Crippen molar-refractivity contribution < 1.29 is 14.3 Å². The van der Waals surface area contributed by atoms with Gasteiger partial charge in [0, 0.05) is 12.6 Å². The Labute approximate surface area is 115 Å².